The molecule has 20 heavy (non-hydrogen) atoms. The van der Waals surface area contributed by atoms with Crippen LogP contribution in [-0.4, -0.2) is 48.3 Å². The molecule has 1 atom stereocenters. The number of rotatable bonds is 9. The molecule has 0 aromatic rings. The molecule has 0 saturated heterocycles. The van der Waals surface area contributed by atoms with Gasteiger partial charge in [-0.15, -0.1) is 0 Å². The molecule has 0 radical (unpaired) electrons. The number of hydrogen-bond donors (Lipinski definition) is 2. The van der Waals surface area contributed by atoms with E-state index in [0.717, 1.165) is 19.6 Å². The van der Waals surface area contributed by atoms with Gasteiger partial charge in [-0.2, -0.15) is 0 Å². The minimum absolute atomic E-state index is 0.238. The second-order valence-corrected chi connectivity index (χ2v) is 7.15. The van der Waals surface area contributed by atoms with E-state index in [0.29, 0.717) is 12.1 Å². The molecule has 0 bridgehead atoms. The van der Waals surface area contributed by atoms with E-state index in [1.54, 1.807) is 0 Å². The quantitative estimate of drug-likeness (QED) is 0.683. The summed E-state index contributed by atoms with van der Waals surface area (Å²) in [5, 5.41) is 13.0. The molecular weight excluding hydrogens is 248 g/mol. The summed E-state index contributed by atoms with van der Waals surface area (Å²) in [4.78, 5) is 2.54. The van der Waals surface area contributed by atoms with Crippen LogP contribution in [0.4, 0.5) is 0 Å². The van der Waals surface area contributed by atoms with E-state index in [1.165, 1.54) is 38.5 Å². The van der Waals surface area contributed by atoms with Gasteiger partial charge in [0, 0.05) is 25.2 Å². The van der Waals surface area contributed by atoms with Gasteiger partial charge in [-0.05, 0) is 38.1 Å². The van der Waals surface area contributed by atoms with Crippen molar-refractivity contribution >= 4 is 0 Å². The van der Waals surface area contributed by atoms with Gasteiger partial charge in [-0.1, -0.05) is 40.0 Å². The maximum Gasteiger partial charge on any atom is 0.0558 e. The monoisotopic (exact) mass is 284 g/mol. The Morgan fingerprint density at radius 1 is 1.25 bits per heavy atom. The lowest BCUT2D eigenvalue weighted by atomic mass is 9.83. The van der Waals surface area contributed by atoms with Crippen LogP contribution in [0.15, 0.2) is 0 Å². The third-order valence-corrected chi connectivity index (χ3v) is 4.96. The number of aliphatic hydroxyl groups is 1. The van der Waals surface area contributed by atoms with Crippen LogP contribution in [0.25, 0.3) is 0 Å². The van der Waals surface area contributed by atoms with Crippen LogP contribution in [0.5, 0.6) is 0 Å². The Morgan fingerprint density at radius 2 is 1.90 bits per heavy atom. The number of hydrogen-bond acceptors (Lipinski definition) is 3. The third-order valence-electron chi connectivity index (χ3n) is 4.96. The summed E-state index contributed by atoms with van der Waals surface area (Å²) in [5.41, 5.74) is 0.238. The van der Waals surface area contributed by atoms with E-state index in [-0.39, 0.29) is 12.0 Å². The lowest BCUT2D eigenvalue weighted by Crippen LogP contribution is -2.50. The van der Waals surface area contributed by atoms with Crippen molar-refractivity contribution in [1.82, 2.24) is 10.2 Å². The van der Waals surface area contributed by atoms with Gasteiger partial charge in [0.15, 0.2) is 0 Å². The van der Waals surface area contributed by atoms with Gasteiger partial charge < -0.3 is 10.4 Å². The van der Waals surface area contributed by atoms with Crippen molar-refractivity contribution in [2.45, 2.75) is 78.3 Å². The molecule has 0 aromatic carbocycles. The van der Waals surface area contributed by atoms with E-state index < -0.39 is 0 Å². The van der Waals surface area contributed by atoms with Gasteiger partial charge in [0.2, 0.25) is 0 Å². The average molecular weight is 284 g/mol. The Labute approximate surface area is 126 Å². The smallest absolute Gasteiger partial charge is 0.0558 e. The first-order valence-electron chi connectivity index (χ1n) is 8.59. The van der Waals surface area contributed by atoms with Gasteiger partial charge in [0.25, 0.3) is 0 Å². The fourth-order valence-corrected chi connectivity index (χ4v) is 3.26. The SMILES string of the molecule is CCCNC(C)C(C)(C)CN(CCO)C1CCCCC1. The van der Waals surface area contributed by atoms with Crippen LogP contribution >= 0.6 is 0 Å². The molecule has 0 heterocycles. The van der Waals surface area contributed by atoms with Gasteiger partial charge >= 0.3 is 0 Å². The largest absolute Gasteiger partial charge is 0.395 e. The first-order chi connectivity index (χ1) is 9.51. The second-order valence-electron chi connectivity index (χ2n) is 7.15. The van der Waals surface area contributed by atoms with E-state index >= 15 is 0 Å². The lowest BCUT2D eigenvalue weighted by molar-refractivity contribution is 0.0691. The highest BCUT2D eigenvalue weighted by atomic mass is 16.3. The van der Waals surface area contributed by atoms with Crippen LogP contribution < -0.4 is 5.32 Å². The van der Waals surface area contributed by atoms with Crippen LogP contribution in [0, 0.1) is 5.41 Å². The average Bonchev–Trinajstić information content (AvgIpc) is 2.45. The molecule has 0 amide bonds. The molecule has 2 N–H and O–H groups in total. The van der Waals surface area contributed by atoms with E-state index in [9.17, 15) is 5.11 Å². The summed E-state index contributed by atoms with van der Waals surface area (Å²) < 4.78 is 0. The summed E-state index contributed by atoms with van der Waals surface area (Å²) in [6.07, 6.45) is 7.91. The van der Waals surface area contributed by atoms with Crippen molar-refractivity contribution in [2.75, 3.05) is 26.2 Å². The first-order valence-corrected chi connectivity index (χ1v) is 8.59. The molecular formula is C17H36N2O. The molecule has 0 aromatic heterocycles. The zero-order chi connectivity index (χ0) is 15.0. The molecule has 0 spiro atoms. The van der Waals surface area contributed by atoms with Crippen LogP contribution in [-0.2, 0) is 0 Å². The van der Waals surface area contributed by atoms with Crippen molar-refractivity contribution in [1.29, 1.82) is 0 Å². The summed E-state index contributed by atoms with van der Waals surface area (Å²) in [6, 6.07) is 1.20. The summed E-state index contributed by atoms with van der Waals surface area (Å²) >= 11 is 0. The van der Waals surface area contributed by atoms with Gasteiger partial charge in [-0.3, -0.25) is 4.90 Å². The minimum atomic E-state index is 0.238. The van der Waals surface area contributed by atoms with Crippen LogP contribution in [0.3, 0.4) is 0 Å². The third kappa shape index (κ3) is 5.71. The number of aliphatic hydroxyl groups excluding tert-OH is 1. The molecule has 1 unspecified atom stereocenters. The molecule has 1 aliphatic carbocycles. The Kier molecular flexibility index (Phi) is 8.08. The maximum atomic E-state index is 9.39. The zero-order valence-electron chi connectivity index (χ0n) is 14.1. The molecule has 3 heteroatoms. The van der Waals surface area contributed by atoms with Crippen molar-refractivity contribution in [3.63, 3.8) is 0 Å². The topological polar surface area (TPSA) is 35.5 Å². The van der Waals surface area contributed by atoms with Crippen molar-refractivity contribution in [3.8, 4) is 0 Å². The van der Waals surface area contributed by atoms with Crippen molar-refractivity contribution < 1.29 is 5.11 Å². The minimum Gasteiger partial charge on any atom is -0.395 e. The van der Waals surface area contributed by atoms with E-state index in [4.69, 9.17) is 0 Å². The first kappa shape index (κ1) is 17.9. The molecule has 120 valence electrons. The van der Waals surface area contributed by atoms with E-state index in [1.807, 2.05) is 0 Å². The molecule has 1 saturated carbocycles. The molecule has 1 fully saturated rings. The Balaban J connectivity index is 2.57. The fraction of sp³-hybridized carbons (Fsp3) is 1.00. The molecule has 1 aliphatic rings. The Bertz CT molecular complexity index is 249. The van der Waals surface area contributed by atoms with Crippen LogP contribution in [0.2, 0.25) is 0 Å². The summed E-state index contributed by atoms with van der Waals surface area (Å²) in [7, 11) is 0. The second kappa shape index (κ2) is 9.01. The summed E-state index contributed by atoms with van der Waals surface area (Å²) in [6.45, 7) is 12.5. The standard InChI is InChI=1S/C17H36N2O/c1-5-11-18-15(2)17(3,4)14-19(12-13-20)16-9-7-6-8-10-16/h15-16,18,20H,5-14H2,1-4H3. The predicted octanol–water partition coefficient (Wildman–Crippen LogP) is 3.03. The highest BCUT2D eigenvalue weighted by Gasteiger charge is 2.31. The highest BCUT2D eigenvalue weighted by molar-refractivity contribution is 4.87. The zero-order valence-corrected chi connectivity index (χ0v) is 14.1. The number of nitrogens with zero attached hydrogens (tertiary/aromatic N) is 1. The highest BCUT2D eigenvalue weighted by Crippen LogP contribution is 2.28. The Hall–Kier alpha value is -0.120. The molecule has 3 nitrogen and oxygen atoms in total. The predicted molar refractivity (Wildman–Crippen MR) is 87.1 cm³/mol. The van der Waals surface area contributed by atoms with Crippen molar-refractivity contribution in [3.05, 3.63) is 0 Å². The van der Waals surface area contributed by atoms with Gasteiger partial charge in [0.05, 0.1) is 6.61 Å². The van der Waals surface area contributed by atoms with Gasteiger partial charge in [0.1, 0.15) is 0 Å². The number of nitrogens with one attached hydrogen (secondary N) is 1. The molecule has 1 rings (SSSR count). The fourth-order valence-electron chi connectivity index (χ4n) is 3.26. The molecule has 0 aliphatic heterocycles. The normalized spacial score (nSPS) is 19.5. The van der Waals surface area contributed by atoms with E-state index in [2.05, 4.69) is 37.9 Å². The Morgan fingerprint density at radius 3 is 2.45 bits per heavy atom. The summed E-state index contributed by atoms with van der Waals surface area (Å²) in [5.74, 6) is 0. The van der Waals surface area contributed by atoms with Crippen molar-refractivity contribution in [2.24, 2.45) is 5.41 Å². The maximum absolute atomic E-state index is 9.39. The lowest BCUT2D eigenvalue weighted by Gasteiger charge is -2.42. The van der Waals surface area contributed by atoms with Crippen LogP contribution in [0.1, 0.15) is 66.2 Å². The van der Waals surface area contributed by atoms with Gasteiger partial charge in [-0.25, -0.2) is 0 Å².